The van der Waals surface area contributed by atoms with Gasteiger partial charge in [-0.05, 0) is 81.0 Å². The number of nitrogens with one attached hydrogen (secondary N) is 1. The fourth-order valence-corrected chi connectivity index (χ4v) is 6.30. The Morgan fingerprint density at radius 1 is 0.870 bits per heavy atom. The first-order chi connectivity index (χ1) is 22.7. The molecule has 0 aliphatic heterocycles. The first kappa shape index (κ1) is 35.0. The molecule has 2 aromatic heterocycles. The lowest BCUT2D eigenvalue weighted by molar-refractivity contribution is 0.146. The lowest BCUT2D eigenvalue weighted by atomic mass is 9.89. The van der Waals surface area contributed by atoms with E-state index in [1.54, 1.807) is 7.11 Å². The highest BCUT2D eigenvalue weighted by molar-refractivity contribution is 5.96. The molecule has 4 rings (SSSR count). The molecule has 1 unspecified atom stereocenters. The number of allylic oxidation sites excluding steroid dienone is 4. The van der Waals surface area contributed by atoms with Crippen LogP contribution in [0, 0.1) is 11.3 Å². The Hall–Kier alpha value is -3.88. The van der Waals surface area contributed by atoms with E-state index in [9.17, 15) is 5.26 Å². The third-order valence-electron chi connectivity index (χ3n) is 8.88. The molecular weight excluding hydrogens is 566 g/mol. The normalized spacial score (nSPS) is 12.7. The summed E-state index contributed by atoms with van der Waals surface area (Å²) in [5.41, 5.74) is 3.88. The van der Waals surface area contributed by atoms with Crippen molar-refractivity contribution >= 4 is 27.2 Å². The van der Waals surface area contributed by atoms with Gasteiger partial charge in [-0.3, -0.25) is 4.98 Å². The highest BCUT2D eigenvalue weighted by atomic mass is 16.5. The van der Waals surface area contributed by atoms with Crippen molar-refractivity contribution in [3.63, 3.8) is 0 Å². The van der Waals surface area contributed by atoms with Crippen molar-refractivity contribution in [2.45, 2.75) is 103 Å². The average Bonchev–Trinajstić information content (AvgIpc) is 3.51. The quantitative estimate of drug-likeness (QED) is 0.0540. The van der Waals surface area contributed by atoms with E-state index in [0.717, 1.165) is 60.7 Å². The summed E-state index contributed by atoms with van der Waals surface area (Å²) in [6, 6.07) is 19.2. The summed E-state index contributed by atoms with van der Waals surface area (Å²) < 4.78 is 10.9. The molecule has 46 heavy (non-hydrogen) atoms. The van der Waals surface area contributed by atoms with Crippen molar-refractivity contribution in [3.05, 3.63) is 90.4 Å². The smallest absolute Gasteiger partial charge is 0.120 e. The molecule has 244 valence electrons. The number of rotatable bonds is 22. The summed E-state index contributed by atoms with van der Waals surface area (Å²) in [4.78, 5) is 8.23. The molecule has 0 spiro atoms. The molecule has 2 heterocycles. The predicted molar refractivity (Wildman–Crippen MR) is 193 cm³/mol. The Balaban J connectivity index is 1.32. The van der Waals surface area contributed by atoms with Crippen LogP contribution in [0.2, 0.25) is 0 Å². The largest absolute Gasteiger partial charge is 0.491 e. The van der Waals surface area contributed by atoms with Crippen LogP contribution < -0.4 is 4.74 Å². The van der Waals surface area contributed by atoms with Gasteiger partial charge in [0.2, 0.25) is 0 Å². The van der Waals surface area contributed by atoms with Crippen molar-refractivity contribution in [3.8, 4) is 11.8 Å². The second-order valence-corrected chi connectivity index (χ2v) is 12.3. The molecule has 4 aromatic rings. The number of benzene rings is 2. The van der Waals surface area contributed by atoms with Crippen LogP contribution in [-0.4, -0.2) is 30.3 Å². The van der Waals surface area contributed by atoms with Gasteiger partial charge in [-0.15, -0.1) is 0 Å². The molecule has 1 N–H and O–H groups in total. The van der Waals surface area contributed by atoms with Crippen molar-refractivity contribution in [1.82, 2.24) is 9.97 Å². The summed E-state index contributed by atoms with van der Waals surface area (Å²) in [6.45, 7) is 3.31. The number of unbranched alkanes of at least 4 members (excludes halogenated alkanes) is 9. The van der Waals surface area contributed by atoms with Gasteiger partial charge in [0.25, 0.3) is 0 Å². The van der Waals surface area contributed by atoms with E-state index in [-0.39, 0.29) is 0 Å². The Bertz CT molecular complexity index is 1560. The Labute approximate surface area is 276 Å². The molecule has 0 saturated heterocycles. The van der Waals surface area contributed by atoms with E-state index >= 15 is 0 Å². The molecule has 1 atom stereocenters. The molecule has 0 radical (unpaired) electrons. The van der Waals surface area contributed by atoms with E-state index < -0.39 is 0 Å². The van der Waals surface area contributed by atoms with Crippen molar-refractivity contribution < 1.29 is 9.47 Å². The molecule has 5 heteroatoms. The highest BCUT2D eigenvalue weighted by Crippen LogP contribution is 2.33. The predicted octanol–water partition coefficient (Wildman–Crippen LogP) is 11.5. The van der Waals surface area contributed by atoms with Gasteiger partial charge in [0, 0.05) is 47.3 Å². The first-order valence-electron chi connectivity index (χ1n) is 17.6. The minimum atomic E-state index is 0.433. The Morgan fingerprint density at radius 3 is 2.50 bits per heavy atom. The number of ether oxygens (including phenoxy) is 2. The number of hydrogen-bond donors (Lipinski definition) is 1. The van der Waals surface area contributed by atoms with E-state index in [1.807, 2.05) is 30.6 Å². The third-order valence-corrected chi connectivity index (χ3v) is 8.88. The molecule has 0 saturated carbocycles. The van der Waals surface area contributed by atoms with Crippen LogP contribution in [0.1, 0.15) is 114 Å². The third kappa shape index (κ3) is 10.9. The van der Waals surface area contributed by atoms with Crippen molar-refractivity contribution in [2.24, 2.45) is 0 Å². The summed E-state index contributed by atoms with van der Waals surface area (Å²) in [5.74, 6) is 1.21. The van der Waals surface area contributed by atoms with Gasteiger partial charge in [-0.2, -0.15) is 5.26 Å². The fraction of sp³-hybridized carbons (Fsp3) is 0.463. The zero-order valence-electron chi connectivity index (χ0n) is 28.1. The second kappa shape index (κ2) is 20.3. The summed E-state index contributed by atoms with van der Waals surface area (Å²) in [6.07, 6.45) is 27.7. The number of fused-ring (bicyclic) bond motifs is 2. The zero-order chi connectivity index (χ0) is 32.2. The SMILES string of the molecule is CCCCCCCC/C=C\CCCC(CCCC/C=C(\C#N)c1c[nH]c2ccc(OCCOC)cc12)c1nccc2ccccc12. The van der Waals surface area contributed by atoms with Crippen LogP contribution in [0.5, 0.6) is 5.75 Å². The Morgan fingerprint density at radius 2 is 1.65 bits per heavy atom. The monoisotopic (exact) mass is 619 g/mol. The van der Waals surface area contributed by atoms with Crippen LogP contribution in [0.25, 0.3) is 27.2 Å². The van der Waals surface area contributed by atoms with Gasteiger partial charge in [-0.1, -0.05) is 87.9 Å². The first-order valence-corrected chi connectivity index (χ1v) is 17.6. The number of H-pyrrole nitrogens is 1. The molecule has 0 aliphatic carbocycles. The minimum absolute atomic E-state index is 0.433. The van der Waals surface area contributed by atoms with Gasteiger partial charge >= 0.3 is 0 Å². The summed E-state index contributed by atoms with van der Waals surface area (Å²) in [5, 5.41) is 13.6. The number of methoxy groups -OCH3 is 1. The van der Waals surface area contributed by atoms with Crippen LogP contribution >= 0.6 is 0 Å². The maximum Gasteiger partial charge on any atom is 0.120 e. The maximum atomic E-state index is 10.0. The zero-order valence-corrected chi connectivity index (χ0v) is 28.1. The van der Waals surface area contributed by atoms with Crippen LogP contribution in [0.15, 0.2) is 79.2 Å². The van der Waals surface area contributed by atoms with E-state index in [1.165, 1.54) is 67.8 Å². The molecule has 5 nitrogen and oxygen atoms in total. The highest BCUT2D eigenvalue weighted by Gasteiger charge is 2.16. The van der Waals surface area contributed by atoms with Gasteiger partial charge < -0.3 is 14.5 Å². The standard InChI is InChI=1S/C41H53N3O2/c1-3-4-5-6-7-8-9-10-11-12-14-20-34(41-37-23-18-17-19-33(37)26-27-43-41)21-15-13-16-22-35(31-42)39-32-44-40-25-24-36(30-38(39)40)46-29-28-45-2/h10-11,17-19,22-27,30,32,34,44H,3-9,12-16,20-21,28-29H2,1-2H3/b11-10-,35-22+. The van der Waals surface area contributed by atoms with Gasteiger partial charge in [-0.25, -0.2) is 0 Å². The maximum absolute atomic E-state index is 10.0. The topological polar surface area (TPSA) is 70.9 Å². The Kier molecular flexibility index (Phi) is 15.4. The van der Waals surface area contributed by atoms with Gasteiger partial charge in [0.15, 0.2) is 0 Å². The molecule has 2 aromatic carbocycles. The fourth-order valence-electron chi connectivity index (χ4n) is 6.30. The summed E-state index contributed by atoms with van der Waals surface area (Å²) >= 11 is 0. The minimum Gasteiger partial charge on any atom is -0.491 e. The van der Waals surface area contributed by atoms with Crippen LogP contribution in [-0.2, 0) is 4.74 Å². The van der Waals surface area contributed by atoms with E-state index in [2.05, 4.69) is 66.5 Å². The second-order valence-electron chi connectivity index (χ2n) is 12.3. The molecular formula is C41H53N3O2. The van der Waals surface area contributed by atoms with E-state index in [0.29, 0.717) is 24.7 Å². The lowest BCUT2D eigenvalue weighted by Gasteiger charge is -2.18. The number of nitrogens with zero attached hydrogens (tertiary/aromatic N) is 2. The van der Waals surface area contributed by atoms with Crippen molar-refractivity contribution in [2.75, 3.05) is 20.3 Å². The number of pyridine rings is 1. The number of aromatic nitrogens is 2. The number of hydrogen-bond acceptors (Lipinski definition) is 4. The van der Waals surface area contributed by atoms with Crippen molar-refractivity contribution in [1.29, 1.82) is 5.26 Å². The van der Waals surface area contributed by atoms with E-state index in [4.69, 9.17) is 14.5 Å². The lowest BCUT2D eigenvalue weighted by Crippen LogP contribution is -2.03. The molecule has 0 amide bonds. The number of aromatic amines is 1. The molecule has 0 bridgehead atoms. The van der Waals surface area contributed by atoms with Gasteiger partial charge in [0.05, 0.1) is 23.9 Å². The molecule has 0 fully saturated rings. The van der Waals surface area contributed by atoms with Gasteiger partial charge in [0.1, 0.15) is 12.4 Å². The summed E-state index contributed by atoms with van der Waals surface area (Å²) in [7, 11) is 1.67. The van der Waals surface area contributed by atoms with Crippen LogP contribution in [0.3, 0.4) is 0 Å². The number of nitriles is 1. The average molecular weight is 620 g/mol. The van der Waals surface area contributed by atoms with Crippen LogP contribution in [0.4, 0.5) is 0 Å². The molecule has 0 aliphatic rings.